The maximum Gasteiger partial charge on any atom is 0.123 e. The molecular weight excluding hydrogens is 325 g/mol. The number of hydrogen-bond acceptors (Lipinski definition) is 2. The number of nitrogens with zero attached hydrogens (tertiary/aromatic N) is 2. The second kappa shape index (κ2) is 7.83. The van der Waals surface area contributed by atoms with Gasteiger partial charge in [-0.3, -0.25) is 0 Å². The highest BCUT2D eigenvalue weighted by Crippen LogP contribution is 2.31. The Hall–Kier alpha value is -2.46. The molecule has 1 heterocycles. The molecule has 4 heteroatoms. The highest BCUT2D eigenvalue weighted by molar-refractivity contribution is 5.35. The Morgan fingerprint density at radius 1 is 1.15 bits per heavy atom. The second-order valence-electron chi connectivity index (χ2n) is 6.94. The Kier molecular flexibility index (Phi) is 5.12. The molecule has 0 aliphatic heterocycles. The molecule has 1 atom stereocenters. The van der Waals surface area contributed by atoms with Crippen LogP contribution in [0.25, 0.3) is 0 Å². The molecule has 1 unspecified atom stereocenters. The van der Waals surface area contributed by atoms with E-state index in [-0.39, 0.29) is 11.9 Å². The lowest BCUT2D eigenvalue weighted by Crippen LogP contribution is -2.21. The van der Waals surface area contributed by atoms with Gasteiger partial charge in [0.25, 0.3) is 0 Å². The van der Waals surface area contributed by atoms with Gasteiger partial charge in [-0.15, -0.1) is 0 Å². The van der Waals surface area contributed by atoms with Crippen molar-refractivity contribution in [3.05, 3.63) is 89.3 Å². The molecule has 4 rings (SSSR count). The summed E-state index contributed by atoms with van der Waals surface area (Å²) in [5.74, 6) is 0.891. The van der Waals surface area contributed by atoms with Gasteiger partial charge in [0.2, 0.25) is 0 Å². The SMILES string of the molecule is Fc1ccc2c(c1)C(NCc1nccn1CCCc1ccccc1)CC2. The summed E-state index contributed by atoms with van der Waals surface area (Å²) < 4.78 is 15.8. The van der Waals surface area contributed by atoms with Crippen LogP contribution in [-0.2, 0) is 25.9 Å². The van der Waals surface area contributed by atoms with Gasteiger partial charge in [0.05, 0.1) is 6.54 Å². The molecule has 0 spiro atoms. The number of imidazole rings is 1. The van der Waals surface area contributed by atoms with Crippen LogP contribution in [0.2, 0.25) is 0 Å². The van der Waals surface area contributed by atoms with Crippen LogP contribution in [0, 0.1) is 5.82 Å². The zero-order chi connectivity index (χ0) is 17.8. The van der Waals surface area contributed by atoms with E-state index in [2.05, 4.69) is 45.2 Å². The number of nitrogens with one attached hydrogen (secondary N) is 1. The monoisotopic (exact) mass is 349 g/mol. The van der Waals surface area contributed by atoms with Crippen LogP contribution in [-0.4, -0.2) is 9.55 Å². The summed E-state index contributed by atoms with van der Waals surface area (Å²) in [6, 6.07) is 15.9. The third-order valence-electron chi connectivity index (χ3n) is 5.20. The molecule has 1 N–H and O–H groups in total. The first kappa shape index (κ1) is 17.0. The lowest BCUT2D eigenvalue weighted by molar-refractivity contribution is 0.497. The Morgan fingerprint density at radius 2 is 2.04 bits per heavy atom. The van der Waals surface area contributed by atoms with Gasteiger partial charge in [-0.05, 0) is 54.5 Å². The molecule has 26 heavy (non-hydrogen) atoms. The quantitative estimate of drug-likeness (QED) is 0.684. The lowest BCUT2D eigenvalue weighted by atomic mass is 10.1. The summed E-state index contributed by atoms with van der Waals surface area (Å²) >= 11 is 0. The first-order chi connectivity index (χ1) is 12.8. The van der Waals surface area contributed by atoms with Crippen LogP contribution in [0.4, 0.5) is 4.39 Å². The Morgan fingerprint density at radius 3 is 2.92 bits per heavy atom. The summed E-state index contributed by atoms with van der Waals surface area (Å²) in [6.45, 7) is 1.67. The zero-order valence-electron chi connectivity index (χ0n) is 14.9. The molecule has 3 nitrogen and oxygen atoms in total. The Balaban J connectivity index is 1.33. The Labute approximate surface area is 153 Å². The molecule has 0 bridgehead atoms. The van der Waals surface area contributed by atoms with E-state index < -0.39 is 0 Å². The van der Waals surface area contributed by atoms with Crippen molar-refractivity contribution < 1.29 is 4.39 Å². The van der Waals surface area contributed by atoms with Crippen molar-refractivity contribution in [1.29, 1.82) is 0 Å². The van der Waals surface area contributed by atoms with Crippen LogP contribution in [0.3, 0.4) is 0 Å². The molecule has 0 fully saturated rings. The van der Waals surface area contributed by atoms with Gasteiger partial charge in [0, 0.05) is 25.0 Å². The van der Waals surface area contributed by atoms with E-state index in [1.807, 2.05) is 18.5 Å². The smallest absolute Gasteiger partial charge is 0.123 e. The molecule has 1 aliphatic carbocycles. The molecule has 3 aromatic rings. The van der Waals surface area contributed by atoms with E-state index in [9.17, 15) is 4.39 Å². The summed E-state index contributed by atoms with van der Waals surface area (Å²) in [5, 5.41) is 3.57. The molecule has 2 aromatic carbocycles. The number of fused-ring (bicyclic) bond motifs is 1. The number of benzene rings is 2. The van der Waals surface area contributed by atoms with Crippen LogP contribution < -0.4 is 5.32 Å². The summed E-state index contributed by atoms with van der Waals surface area (Å²) in [4.78, 5) is 4.50. The second-order valence-corrected chi connectivity index (χ2v) is 6.94. The van der Waals surface area contributed by atoms with E-state index >= 15 is 0 Å². The first-order valence-electron chi connectivity index (χ1n) is 9.35. The minimum atomic E-state index is -0.153. The van der Waals surface area contributed by atoms with Gasteiger partial charge in [-0.1, -0.05) is 36.4 Å². The van der Waals surface area contributed by atoms with Crippen molar-refractivity contribution in [1.82, 2.24) is 14.9 Å². The fourth-order valence-electron chi connectivity index (χ4n) is 3.81. The molecular formula is C22H24FN3. The van der Waals surface area contributed by atoms with Crippen molar-refractivity contribution in [2.24, 2.45) is 0 Å². The molecule has 0 radical (unpaired) electrons. The minimum Gasteiger partial charge on any atom is -0.334 e. The third-order valence-corrected chi connectivity index (χ3v) is 5.20. The predicted octanol–water partition coefficient (Wildman–Crippen LogP) is 4.43. The van der Waals surface area contributed by atoms with E-state index in [0.717, 1.165) is 43.6 Å². The van der Waals surface area contributed by atoms with Gasteiger partial charge in [-0.25, -0.2) is 9.37 Å². The van der Waals surface area contributed by atoms with Crippen molar-refractivity contribution >= 4 is 0 Å². The number of aromatic nitrogens is 2. The fraction of sp³-hybridized carbons (Fsp3) is 0.318. The molecule has 1 aromatic heterocycles. The van der Waals surface area contributed by atoms with Crippen molar-refractivity contribution in [2.75, 3.05) is 0 Å². The largest absolute Gasteiger partial charge is 0.334 e. The number of rotatable bonds is 7. The maximum atomic E-state index is 13.5. The van der Waals surface area contributed by atoms with Crippen molar-refractivity contribution in [2.45, 2.75) is 44.8 Å². The van der Waals surface area contributed by atoms with Crippen LogP contribution >= 0.6 is 0 Å². The summed E-state index contributed by atoms with van der Waals surface area (Å²) in [5.41, 5.74) is 3.74. The highest BCUT2D eigenvalue weighted by atomic mass is 19.1. The predicted molar refractivity (Wildman–Crippen MR) is 101 cm³/mol. The standard InChI is InChI=1S/C22H24FN3/c23-19-10-8-18-9-11-21(20(18)15-19)25-16-22-24-12-14-26(22)13-4-7-17-5-2-1-3-6-17/h1-3,5-6,8,10,12,14-15,21,25H,4,7,9,11,13,16H2. The van der Waals surface area contributed by atoms with Gasteiger partial charge >= 0.3 is 0 Å². The van der Waals surface area contributed by atoms with Gasteiger partial charge in [0.1, 0.15) is 11.6 Å². The summed E-state index contributed by atoms with van der Waals surface area (Å²) in [6.07, 6.45) is 8.10. The molecule has 0 saturated carbocycles. The van der Waals surface area contributed by atoms with Crippen LogP contribution in [0.1, 0.15) is 41.4 Å². The third kappa shape index (κ3) is 3.86. The van der Waals surface area contributed by atoms with Gasteiger partial charge < -0.3 is 9.88 Å². The maximum absolute atomic E-state index is 13.5. The molecule has 1 aliphatic rings. The van der Waals surface area contributed by atoms with E-state index in [4.69, 9.17) is 0 Å². The zero-order valence-corrected chi connectivity index (χ0v) is 14.9. The number of halogens is 1. The van der Waals surface area contributed by atoms with E-state index in [1.165, 1.54) is 11.1 Å². The fourth-order valence-corrected chi connectivity index (χ4v) is 3.81. The lowest BCUT2D eigenvalue weighted by Gasteiger charge is -2.15. The van der Waals surface area contributed by atoms with E-state index in [0.29, 0.717) is 6.54 Å². The van der Waals surface area contributed by atoms with Gasteiger partial charge in [0.15, 0.2) is 0 Å². The average molecular weight is 349 g/mol. The van der Waals surface area contributed by atoms with Crippen molar-refractivity contribution in [3.63, 3.8) is 0 Å². The topological polar surface area (TPSA) is 29.9 Å². The number of aryl methyl sites for hydroxylation is 3. The van der Waals surface area contributed by atoms with Crippen LogP contribution in [0.15, 0.2) is 60.9 Å². The highest BCUT2D eigenvalue weighted by Gasteiger charge is 2.22. The minimum absolute atomic E-state index is 0.153. The van der Waals surface area contributed by atoms with Gasteiger partial charge in [-0.2, -0.15) is 0 Å². The van der Waals surface area contributed by atoms with Crippen LogP contribution in [0.5, 0.6) is 0 Å². The molecule has 0 amide bonds. The average Bonchev–Trinajstić information content (AvgIpc) is 3.27. The number of hydrogen-bond donors (Lipinski definition) is 1. The summed E-state index contributed by atoms with van der Waals surface area (Å²) in [7, 11) is 0. The van der Waals surface area contributed by atoms with E-state index in [1.54, 1.807) is 12.1 Å². The first-order valence-corrected chi connectivity index (χ1v) is 9.35. The van der Waals surface area contributed by atoms with Crippen molar-refractivity contribution in [3.8, 4) is 0 Å². The Bertz CT molecular complexity index is 857. The molecule has 0 saturated heterocycles. The normalized spacial score (nSPS) is 16.0. The molecule has 134 valence electrons.